The third-order valence-electron chi connectivity index (χ3n) is 4.25. The summed E-state index contributed by atoms with van der Waals surface area (Å²) in [4.78, 5) is 0. The van der Waals surface area contributed by atoms with Crippen molar-refractivity contribution in [3.8, 4) is 5.75 Å². The predicted molar refractivity (Wildman–Crippen MR) is 98.1 cm³/mol. The second-order valence-corrected chi connectivity index (χ2v) is 6.01. The van der Waals surface area contributed by atoms with Crippen molar-refractivity contribution in [2.75, 3.05) is 0 Å². The van der Waals surface area contributed by atoms with Gasteiger partial charge in [0.25, 0.3) is 0 Å². The molecule has 0 saturated heterocycles. The van der Waals surface area contributed by atoms with Crippen molar-refractivity contribution in [2.24, 2.45) is 0 Å². The van der Waals surface area contributed by atoms with Crippen molar-refractivity contribution < 1.29 is 5.11 Å². The fraction of sp³-hybridized carbons (Fsp3) is 0.190. The smallest absolute Gasteiger partial charge is 0.115 e. The summed E-state index contributed by atoms with van der Waals surface area (Å²) in [6, 6.07) is 18.1. The molecule has 0 fully saturated rings. The van der Waals surface area contributed by atoms with E-state index in [1.165, 1.54) is 11.1 Å². The molecule has 0 radical (unpaired) electrons. The van der Waals surface area contributed by atoms with Crippen LogP contribution >= 0.6 is 0 Å². The fourth-order valence-corrected chi connectivity index (χ4v) is 2.88. The summed E-state index contributed by atoms with van der Waals surface area (Å²) in [6.45, 7) is 6.46. The summed E-state index contributed by atoms with van der Waals surface area (Å²) in [5.74, 6) is 0.294. The first kappa shape index (κ1) is 16.1. The minimum Gasteiger partial charge on any atom is -0.508 e. The van der Waals surface area contributed by atoms with Gasteiger partial charge in [0.05, 0.1) is 12.2 Å². The molecule has 122 valence electrons. The zero-order valence-electron chi connectivity index (χ0n) is 13.9. The fourth-order valence-electron chi connectivity index (χ4n) is 2.88. The van der Waals surface area contributed by atoms with E-state index in [1.54, 1.807) is 12.1 Å². The summed E-state index contributed by atoms with van der Waals surface area (Å²) >= 11 is 0. The van der Waals surface area contributed by atoms with E-state index in [2.05, 4.69) is 35.9 Å². The number of nitrogens with zero attached hydrogens (tertiary/aromatic N) is 2. The molecule has 0 aliphatic rings. The topological polar surface area (TPSA) is 38.0 Å². The van der Waals surface area contributed by atoms with Crippen molar-refractivity contribution in [1.29, 1.82) is 0 Å². The van der Waals surface area contributed by atoms with E-state index >= 15 is 0 Å². The number of hydrogen-bond donors (Lipinski definition) is 1. The van der Waals surface area contributed by atoms with Crippen LogP contribution in [-0.2, 0) is 19.4 Å². The second-order valence-electron chi connectivity index (χ2n) is 6.01. The summed E-state index contributed by atoms with van der Waals surface area (Å²) < 4.78 is 1.96. The Morgan fingerprint density at radius 2 is 1.83 bits per heavy atom. The molecular formula is C21H22N2O. The lowest BCUT2D eigenvalue weighted by Gasteiger charge is -2.12. The molecule has 3 aromatic rings. The molecule has 0 saturated carbocycles. The van der Waals surface area contributed by atoms with Crippen LogP contribution in [0.15, 0.2) is 61.2 Å². The van der Waals surface area contributed by atoms with Gasteiger partial charge in [0.2, 0.25) is 0 Å². The first-order valence-corrected chi connectivity index (χ1v) is 8.17. The minimum atomic E-state index is 0.294. The number of aromatic hydroxyl groups is 1. The Morgan fingerprint density at radius 1 is 1.04 bits per heavy atom. The average molecular weight is 318 g/mol. The Morgan fingerprint density at radius 3 is 2.54 bits per heavy atom. The van der Waals surface area contributed by atoms with E-state index in [0.29, 0.717) is 12.3 Å². The SMILES string of the molecule is C=Cc1cc(C)n(Cc2cc(O)ccc2CCc2ccccc2)n1. The summed E-state index contributed by atoms with van der Waals surface area (Å²) in [6.07, 6.45) is 3.67. The molecule has 2 aromatic carbocycles. The molecule has 1 heterocycles. The van der Waals surface area contributed by atoms with Gasteiger partial charge in [0.1, 0.15) is 5.75 Å². The van der Waals surface area contributed by atoms with E-state index in [4.69, 9.17) is 0 Å². The van der Waals surface area contributed by atoms with Crippen LogP contribution in [0.25, 0.3) is 6.08 Å². The highest BCUT2D eigenvalue weighted by molar-refractivity contribution is 5.42. The van der Waals surface area contributed by atoms with E-state index in [0.717, 1.165) is 29.8 Å². The van der Waals surface area contributed by atoms with Crippen LogP contribution in [0.5, 0.6) is 5.75 Å². The van der Waals surface area contributed by atoms with Gasteiger partial charge in [0, 0.05) is 5.69 Å². The monoisotopic (exact) mass is 318 g/mol. The molecule has 3 nitrogen and oxygen atoms in total. The van der Waals surface area contributed by atoms with E-state index in [1.807, 2.05) is 35.9 Å². The van der Waals surface area contributed by atoms with Crippen molar-refractivity contribution in [1.82, 2.24) is 9.78 Å². The summed E-state index contributed by atoms with van der Waals surface area (Å²) in [5, 5.41) is 14.4. The van der Waals surface area contributed by atoms with Gasteiger partial charge in [-0.25, -0.2) is 0 Å². The second kappa shape index (κ2) is 7.18. The Hall–Kier alpha value is -2.81. The molecule has 0 aliphatic heterocycles. The standard InChI is InChI=1S/C21H22N2O/c1-3-20-13-16(2)23(22-20)15-19-14-21(24)12-11-18(19)10-9-17-7-5-4-6-8-17/h3-8,11-14,24H,1,9-10,15H2,2H3. The highest BCUT2D eigenvalue weighted by Gasteiger charge is 2.08. The highest BCUT2D eigenvalue weighted by atomic mass is 16.3. The largest absolute Gasteiger partial charge is 0.508 e. The van der Waals surface area contributed by atoms with Gasteiger partial charge in [0.15, 0.2) is 0 Å². The van der Waals surface area contributed by atoms with Gasteiger partial charge in [-0.2, -0.15) is 5.10 Å². The quantitative estimate of drug-likeness (QED) is 0.732. The summed E-state index contributed by atoms with van der Waals surface area (Å²) in [5.41, 5.74) is 5.63. The van der Waals surface area contributed by atoms with Crippen molar-refractivity contribution in [2.45, 2.75) is 26.3 Å². The first-order valence-electron chi connectivity index (χ1n) is 8.17. The summed E-state index contributed by atoms with van der Waals surface area (Å²) in [7, 11) is 0. The minimum absolute atomic E-state index is 0.294. The number of hydrogen-bond acceptors (Lipinski definition) is 2. The maximum atomic E-state index is 9.88. The molecule has 1 N–H and O–H groups in total. The maximum Gasteiger partial charge on any atom is 0.115 e. The van der Waals surface area contributed by atoms with Crippen molar-refractivity contribution in [3.05, 3.63) is 89.3 Å². The zero-order chi connectivity index (χ0) is 16.9. The number of benzene rings is 2. The average Bonchev–Trinajstić information content (AvgIpc) is 2.95. The van der Waals surface area contributed by atoms with Crippen LogP contribution in [0.2, 0.25) is 0 Å². The molecule has 24 heavy (non-hydrogen) atoms. The van der Waals surface area contributed by atoms with Gasteiger partial charge in [-0.1, -0.05) is 43.0 Å². The molecule has 0 atom stereocenters. The van der Waals surface area contributed by atoms with E-state index in [-0.39, 0.29) is 0 Å². The molecular weight excluding hydrogens is 296 g/mol. The van der Waals surface area contributed by atoms with Crippen molar-refractivity contribution in [3.63, 3.8) is 0 Å². The lowest BCUT2D eigenvalue weighted by Crippen LogP contribution is -2.07. The molecule has 3 heteroatoms. The van der Waals surface area contributed by atoms with E-state index in [9.17, 15) is 5.11 Å². The molecule has 0 unspecified atom stereocenters. The molecule has 3 rings (SSSR count). The van der Waals surface area contributed by atoms with Crippen LogP contribution < -0.4 is 0 Å². The number of phenols is 1. The molecule has 1 aromatic heterocycles. The Labute approximate surface area is 142 Å². The molecule has 0 amide bonds. The van der Waals surface area contributed by atoms with Gasteiger partial charge in [-0.05, 0) is 60.7 Å². The molecule has 0 spiro atoms. The van der Waals surface area contributed by atoms with Gasteiger partial charge in [-0.15, -0.1) is 0 Å². The van der Waals surface area contributed by atoms with Crippen LogP contribution in [0.1, 0.15) is 28.1 Å². The van der Waals surface area contributed by atoms with E-state index < -0.39 is 0 Å². The predicted octanol–water partition coefficient (Wildman–Crippen LogP) is 4.37. The lowest BCUT2D eigenvalue weighted by atomic mass is 9.99. The van der Waals surface area contributed by atoms with Crippen molar-refractivity contribution >= 4 is 6.08 Å². The number of phenolic OH excluding ortho intramolecular Hbond substituents is 1. The normalized spacial score (nSPS) is 10.7. The number of rotatable bonds is 6. The highest BCUT2D eigenvalue weighted by Crippen LogP contribution is 2.20. The molecule has 0 aliphatic carbocycles. The maximum absolute atomic E-state index is 9.88. The first-order chi connectivity index (χ1) is 11.7. The van der Waals surface area contributed by atoms with Crippen LogP contribution in [0.3, 0.4) is 0 Å². The third-order valence-corrected chi connectivity index (χ3v) is 4.25. The Balaban J connectivity index is 1.82. The molecule has 0 bridgehead atoms. The zero-order valence-corrected chi connectivity index (χ0v) is 13.9. The Bertz CT molecular complexity index is 834. The third kappa shape index (κ3) is 3.74. The lowest BCUT2D eigenvalue weighted by molar-refractivity contribution is 0.473. The van der Waals surface area contributed by atoms with Gasteiger partial charge < -0.3 is 5.11 Å². The Kier molecular flexibility index (Phi) is 4.80. The van der Waals surface area contributed by atoms with Crippen LogP contribution in [0.4, 0.5) is 0 Å². The van der Waals surface area contributed by atoms with Crippen LogP contribution in [-0.4, -0.2) is 14.9 Å². The van der Waals surface area contributed by atoms with Gasteiger partial charge >= 0.3 is 0 Å². The van der Waals surface area contributed by atoms with Gasteiger partial charge in [-0.3, -0.25) is 4.68 Å². The number of aryl methyl sites for hydroxylation is 3. The number of aromatic nitrogens is 2. The van der Waals surface area contributed by atoms with Crippen LogP contribution in [0, 0.1) is 6.92 Å².